The van der Waals surface area contributed by atoms with E-state index in [1.165, 1.54) is 80.7 Å². The van der Waals surface area contributed by atoms with Crippen LogP contribution in [0.2, 0.25) is 0 Å². The molecule has 0 amide bonds. The van der Waals surface area contributed by atoms with Gasteiger partial charge in [-0.25, -0.2) is 0 Å². The van der Waals surface area contributed by atoms with E-state index < -0.39 is 0 Å². The van der Waals surface area contributed by atoms with Crippen molar-refractivity contribution in [2.75, 3.05) is 4.90 Å². The summed E-state index contributed by atoms with van der Waals surface area (Å²) in [5.41, 5.74) is 12.9. The highest BCUT2D eigenvalue weighted by molar-refractivity contribution is 7.26. The van der Waals surface area contributed by atoms with Gasteiger partial charge in [-0.2, -0.15) is 0 Å². The lowest BCUT2D eigenvalue weighted by atomic mass is 9.93. The molecular formula is C56H37NS. The van der Waals surface area contributed by atoms with Crippen molar-refractivity contribution in [3.8, 4) is 44.5 Å². The minimum atomic E-state index is 1.09. The van der Waals surface area contributed by atoms with Crippen molar-refractivity contribution < 1.29 is 0 Å². The van der Waals surface area contributed by atoms with Crippen LogP contribution < -0.4 is 4.90 Å². The van der Waals surface area contributed by atoms with Crippen LogP contribution in [0.1, 0.15) is 0 Å². The summed E-state index contributed by atoms with van der Waals surface area (Å²) in [7, 11) is 0. The SMILES string of the molecule is c1ccc(-c2ccc(-c3cccc4ccccc34)cc2N(c2ccc(-c3ccc4ccccc4c3)cc2)c2ccccc2-c2cccc3c2sc2ccccc23)cc1. The molecule has 58 heavy (non-hydrogen) atoms. The Morgan fingerprint density at radius 3 is 1.79 bits per heavy atom. The third kappa shape index (κ3) is 5.94. The van der Waals surface area contributed by atoms with E-state index in [0.717, 1.165) is 22.6 Å². The van der Waals surface area contributed by atoms with E-state index >= 15 is 0 Å². The highest BCUT2D eigenvalue weighted by atomic mass is 32.1. The second-order valence-electron chi connectivity index (χ2n) is 14.9. The van der Waals surface area contributed by atoms with Gasteiger partial charge in [-0.15, -0.1) is 11.3 Å². The predicted octanol–water partition coefficient (Wildman–Crippen LogP) is 16.5. The van der Waals surface area contributed by atoms with Gasteiger partial charge in [0.25, 0.3) is 0 Å². The highest BCUT2D eigenvalue weighted by Gasteiger charge is 2.23. The molecule has 0 radical (unpaired) electrons. The largest absolute Gasteiger partial charge is 0.309 e. The maximum atomic E-state index is 2.49. The van der Waals surface area contributed by atoms with Gasteiger partial charge in [0.1, 0.15) is 0 Å². The first-order valence-electron chi connectivity index (χ1n) is 19.8. The Bertz CT molecular complexity index is 3280. The molecule has 1 heterocycles. The van der Waals surface area contributed by atoms with Crippen LogP contribution in [0.15, 0.2) is 224 Å². The molecule has 11 aromatic rings. The van der Waals surface area contributed by atoms with Crippen LogP contribution in [0.25, 0.3) is 86.2 Å². The molecule has 0 unspecified atom stereocenters. The molecule has 272 valence electrons. The van der Waals surface area contributed by atoms with Crippen molar-refractivity contribution in [3.05, 3.63) is 224 Å². The standard InChI is InChI=1S/C56H37NS/c1-2-15-41(16-3-1)48-35-32-44(47-23-12-19-40-17-6-7-20-46(40)47)37-54(48)57(45-33-30-39(31-34-45)43-29-28-38-14-4-5-18-42(38)36-43)53-26-10-8-21-49(53)51-24-13-25-52-50-22-9-11-27-55(50)58-56(51)52/h1-37H. The topological polar surface area (TPSA) is 3.24 Å². The minimum Gasteiger partial charge on any atom is -0.309 e. The van der Waals surface area contributed by atoms with Gasteiger partial charge in [0.15, 0.2) is 0 Å². The summed E-state index contributed by atoms with van der Waals surface area (Å²) in [6, 6.07) is 82.1. The van der Waals surface area contributed by atoms with Crippen molar-refractivity contribution >= 4 is 70.1 Å². The van der Waals surface area contributed by atoms with Crippen molar-refractivity contribution in [3.63, 3.8) is 0 Å². The molecule has 0 aliphatic rings. The van der Waals surface area contributed by atoms with Gasteiger partial charge in [-0.3, -0.25) is 0 Å². The second kappa shape index (κ2) is 14.4. The van der Waals surface area contributed by atoms with Crippen LogP contribution in [-0.4, -0.2) is 0 Å². The Balaban J connectivity index is 1.17. The van der Waals surface area contributed by atoms with Crippen LogP contribution in [0.3, 0.4) is 0 Å². The molecule has 0 fully saturated rings. The van der Waals surface area contributed by atoms with Crippen molar-refractivity contribution in [1.82, 2.24) is 0 Å². The van der Waals surface area contributed by atoms with Crippen molar-refractivity contribution in [2.24, 2.45) is 0 Å². The first kappa shape index (κ1) is 34.0. The zero-order chi connectivity index (χ0) is 38.4. The van der Waals surface area contributed by atoms with Crippen LogP contribution in [0.4, 0.5) is 17.1 Å². The minimum absolute atomic E-state index is 1.09. The van der Waals surface area contributed by atoms with E-state index in [1.54, 1.807) is 0 Å². The van der Waals surface area contributed by atoms with E-state index in [2.05, 4.69) is 229 Å². The highest BCUT2D eigenvalue weighted by Crippen LogP contribution is 2.49. The molecule has 1 aromatic heterocycles. The molecule has 0 aliphatic carbocycles. The first-order chi connectivity index (χ1) is 28.8. The number of benzene rings is 10. The third-order valence-electron chi connectivity index (χ3n) is 11.5. The van der Waals surface area contributed by atoms with Gasteiger partial charge in [0.05, 0.1) is 11.4 Å². The number of rotatable bonds is 7. The summed E-state index contributed by atoms with van der Waals surface area (Å²) in [5.74, 6) is 0. The van der Waals surface area contributed by atoms with Gasteiger partial charge < -0.3 is 4.90 Å². The Hall–Kier alpha value is -7.26. The fraction of sp³-hybridized carbons (Fsp3) is 0. The molecule has 0 spiro atoms. The number of nitrogens with zero attached hydrogens (tertiary/aromatic N) is 1. The molecule has 10 aromatic carbocycles. The molecule has 11 rings (SSSR count). The van der Waals surface area contributed by atoms with Gasteiger partial charge >= 0.3 is 0 Å². The number of thiophene rings is 1. The lowest BCUT2D eigenvalue weighted by Crippen LogP contribution is -2.12. The van der Waals surface area contributed by atoms with Gasteiger partial charge in [-0.1, -0.05) is 188 Å². The third-order valence-corrected chi connectivity index (χ3v) is 12.7. The summed E-state index contributed by atoms with van der Waals surface area (Å²) < 4.78 is 2.60. The number of anilines is 3. The first-order valence-corrected chi connectivity index (χ1v) is 20.7. The fourth-order valence-electron chi connectivity index (χ4n) is 8.66. The van der Waals surface area contributed by atoms with Crippen LogP contribution in [0.5, 0.6) is 0 Å². The summed E-state index contributed by atoms with van der Waals surface area (Å²) in [6.07, 6.45) is 0. The van der Waals surface area contributed by atoms with Crippen molar-refractivity contribution in [2.45, 2.75) is 0 Å². The van der Waals surface area contributed by atoms with E-state index in [-0.39, 0.29) is 0 Å². The molecule has 0 aliphatic heterocycles. The summed E-state index contributed by atoms with van der Waals surface area (Å²) in [6.45, 7) is 0. The maximum Gasteiger partial charge on any atom is 0.0546 e. The molecule has 0 N–H and O–H groups in total. The number of hydrogen-bond acceptors (Lipinski definition) is 2. The molecule has 0 saturated carbocycles. The average molecular weight is 756 g/mol. The monoisotopic (exact) mass is 755 g/mol. The quantitative estimate of drug-likeness (QED) is 0.157. The number of para-hydroxylation sites is 1. The summed E-state index contributed by atoms with van der Waals surface area (Å²) in [5, 5.41) is 7.56. The van der Waals surface area contributed by atoms with Gasteiger partial charge in [0.2, 0.25) is 0 Å². The summed E-state index contributed by atoms with van der Waals surface area (Å²) in [4.78, 5) is 2.49. The van der Waals surface area contributed by atoms with Crippen LogP contribution in [-0.2, 0) is 0 Å². The van der Waals surface area contributed by atoms with Crippen LogP contribution >= 0.6 is 11.3 Å². The lowest BCUT2D eigenvalue weighted by molar-refractivity contribution is 1.28. The Kier molecular flexibility index (Phi) is 8.42. The van der Waals surface area contributed by atoms with E-state index in [9.17, 15) is 0 Å². The Morgan fingerprint density at radius 2 is 0.914 bits per heavy atom. The fourth-order valence-corrected chi connectivity index (χ4v) is 9.89. The molecule has 2 heteroatoms. The second-order valence-corrected chi connectivity index (χ2v) is 15.9. The number of fused-ring (bicyclic) bond motifs is 5. The Labute approximate surface area is 342 Å². The summed E-state index contributed by atoms with van der Waals surface area (Å²) >= 11 is 1.88. The van der Waals surface area contributed by atoms with Gasteiger partial charge in [0, 0.05) is 42.6 Å². The zero-order valence-corrected chi connectivity index (χ0v) is 32.5. The van der Waals surface area contributed by atoms with E-state index in [0.29, 0.717) is 0 Å². The molecule has 1 nitrogen and oxygen atoms in total. The normalized spacial score (nSPS) is 11.4. The molecule has 0 bridgehead atoms. The Morgan fingerprint density at radius 1 is 0.293 bits per heavy atom. The van der Waals surface area contributed by atoms with E-state index in [1.807, 2.05) is 11.3 Å². The van der Waals surface area contributed by atoms with Gasteiger partial charge in [-0.05, 0) is 85.8 Å². The lowest BCUT2D eigenvalue weighted by Gasteiger charge is -2.31. The predicted molar refractivity (Wildman–Crippen MR) is 251 cm³/mol. The molecule has 0 atom stereocenters. The maximum absolute atomic E-state index is 2.49. The number of hydrogen-bond donors (Lipinski definition) is 0. The average Bonchev–Trinajstić information content (AvgIpc) is 3.69. The molecular weight excluding hydrogens is 719 g/mol. The van der Waals surface area contributed by atoms with Crippen LogP contribution in [0, 0.1) is 0 Å². The zero-order valence-electron chi connectivity index (χ0n) is 31.7. The van der Waals surface area contributed by atoms with E-state index in [4.69, 9.17) is 0 Å². The van der Waals surface area contributed by atoms with Crippen molar-refractivity contribution in [1.29, 1.82) is 0 Å². The smallest absolute Gasteiger partial charge is 0.0546 e. The molecule has 0 saturated heterocycles.